The van der Waals surface area contributed by atoms with E-state index in [1.165, 1.54) is 7.11 Å². The topological polar surface area (TPSA) is 104 Å². The van der Waals surface area contributed by atoms with Gasteiger partial charge in [-0.15, -0.1) is 0 Å². The molecule has 4 rings (SSSR count). The highest BCUT2D eigenvalue weighted by Crippen LogP contribution is 2.41. The van der Waals surface area contributed by atoms with Crippen LogP contribution in [-0.2, 0) is 23.8 Å². The van der Waals surface area contributed by atoms with Gasteiger partial charge < -0.3 is 33.5 Å². The Kier molecular flexibility index (Phi) is 12.0. The van der Waals surface area contributed by atoms with Crippen molar-refractivity contribution in [1.29, 1.82) is 0 Å². The number of carbonyl (C=O) groups excluding carboxylic acids is 3. The molecule has 43 heavy (non-hydrogen) atoms. The zero-order chi connectivity index (χ0) is 31.8. The van der Waals surface area contributed by atoms with Gasteiger partial charge in [-0.05, 0) is 75.9 Å². The Morgan fingerprint density at radius 3 is 1.70 bits per heavy atom. The molecule has 2 atom stereocenters. The van der Waals surface area contributed by atoms with E-state index in [1.54, 1.807) is 44.2 Å². The van der Waals surface area contributed by atoms with Gasteiger partial charge >= 0.3 is 5.97 Å². The Labute approximate surface area is 262 Å². The number of amides is 2. The van der Waals surface area contributed by atoms with Crippen LogP contribution in [0.3, 0.4) is 0 Å². The number of anilines is 2. The van der Waals surface area contributed by atoms with Crippen LogP contribution >= 0.6 is 15.9 Å². The van der Waals surface area contributed by atoms with Crippen LogP contribution < -0.4 is 19.3 Å². The highest BCUT2D eigenvalue weighted by atomic mass is 79.9. The number of ether oxygens (including phenoxy) is 5. The van der Waals surface area contributed by atoms with E-state index in [2.05, 4.69) is 15.9 Å². The van der Waals surface area contributed by atoms with Gasteiger partial charge in [0.15, 0.2) is 11.2 Å². The van der Waals surface area contributed by atoms with Crippen molar-refractivity contribution in [3.05, 3.63) is 46.4 Å². The van der Waals surface area contributed by atoms with Crippen LogP contribution in [0.15, 0.2) is 40.9 Å². The van der Waals surface area contributed by atoms with Gasteiger partial charge in [0.1, 0.15) is 11.5 Å². The number of hydrogen-bond donors (Lipinski definition) is 0. The van der Waals surface area contributed by atoms with Gasteiger partial charge in [-0.2, -0.15) is 0 Å². The first-order valence-corrected chi connectivity index (χ1v) is 15.3. The normalized spacial score (nSPS) is 20.7. The molecule has 2 amide bonds. The molecule has 2 aliphatic heterocycles. The maximum atomic E-state index is 12.8. The SMILES string of the molecule is CCC1(C)Oc2ccc(Br)cc2N(CCCOC)C1=O.CCC1(C)Oc2ccc(C(=O)OC)cc2N(CCCOC)C1=O. The third kappa shape index (κ3) is 7.69. The van der Waals surface area contributed by atoms with Gasteiger partial charge in [0.2, 0.25) is 0 Å². The molecule has 0 fully saturated rings. The number of carbonyl (C=O) groups is 3. The number of fused-ring (bicyclic) bond motifs is 2. The Bertz CT molecular complexity index is 1300. The Hall–Kier alpha value is -3.15. The van der Waals surface area contributed by atoms with E-state index >= 15 is 0 Å². The second-order valence-electron chi connectivity index (χ2n) is 10.8. The lowest BCUT2D eigenvalue weighted by Gasteiger charge is -2.40. The molecule has 11 heteroatoms. The monoisotopic (exact) mass is 662 g/mol. The van der Waals surface area contributed by atoms with Crippen molar-refractivity contribution >= 4 is 45.1 Å². The predicted octanol–water partition coefficient (Wildman–Crippen LogP) is 5.78. The molecule has 0 N–H and O–H groups in total. The molecular formula is C32H43BrN2O8. The van der Waals surface area contributed by atoms with E-state index in [4.69, 9.17) is 23.7 Å². The Morgan fingerprint density at radius 2 is 1.26 bits per heavy atom. The van der Waals surface area contributed by atoms with Crippen LogP contribution in [0.5, 0.6) is 11.5 Å². The molecule has 0 saturated heterocycles. The van der Waals surface area contributed by atoms with Crippen molar-refractivity contribution in [3.63, 3.8) is 0 Å². The third-order valence-corrected chi connectivity index (χ3v) is 8.25. The summed E-state index contributed by atoms with van der Waals surface area (Å²) in [5.74, 6) is 0.821. The zero-order valence-electron chi connectivity index (χ0n) is 26.2. The summed E-state index contributed by atoms with van der Waals surface area (Å²) in [6.07, 6.45) is 2.70. The molecule has 2 heterocycles. The number of halogens is 1. The van der Waals surface area contributed by atoms with Crippen molar-refractivity contribution in [2.24, 2.45) is 0 Å². The second kappa shape index (κ2) is 15.0. The van der Waals surface area contributed by atoms with Crippen LogP contribution in [0.25, 0.3) is 0 Å². The summed E-state index contributed by atoms with van der Waals surface area (Å²) in [5.41, 5.74) is 0.131. The van der Waals surface area contributed by atoms with E-state index in [9.17, 15) is 14.4 Å². The quantitative estimate of drug-likeness (QED) is 0.220. The summed E-state index contributed by atoms with van der Waals surface area (Å²) >= 11 is 3.45. The van der Waals surface area contributed by atoms with E-state index in [1.807, 2.05) is 43.9 Å². The van der Waals surface area contributed by atoms with Gasteiger partial charge in [-0.3, -0.25) is 9.59 Å². The average Bonchev–Trinajstić information content (AvgIpc) is 3.01. The van der Waals surface area contributed by atoms with Gasteiger partial charge in [0.05, 0.1) is 24.0 Å². The number of rotatable bonds is 11. The largest absolute Gasteiger partial charge is 0.476 e. The fourth-order valence-corrected chi connectivity index (χ4v) is 5.18. The van der Waals surface area contributed by atoms with Crippen LogP contribution in [0.1, 0.15) is 63.7 Å². The van der Waals surface area contributed by atoms with E-state index in [0.717, 1.165) is 22.3 Å². The van der Waals surface area contributed by atoms with Crippen molar-refractivity contribution in [3.8, 4) is 11.5 Å². The first-order valence-electron chi connectivity index (χ1n) is 14.5. The first-order chi connectivity index (χ1) is 20.5. The molecule has 0 spiro atoms. The number of hydrogen-bond acceptors (Lipinski definition) is 8. The maximum absolute atomic E-state index is 12.8. The molecule has 0 saturated carbocycles. The molecule has 0 aromatic heterocycles. The lowest BCUT2D eigenvalue weighted by atomic mass is 9.97. The average molecular weight is 664 g/mol. The van der Waals surface area contributed by atoms with Crippen LogP contribution in [0.2, 0.25) is 0 Å². The molecule has 2 unspecified atom stereocenters. The molecule has 2 aromatic carbocycles. The smallest absolute Gasteiger partial charge is 0.337 e. The minimum absolute atomic E-state index is 0.0155. The highest BCUT2D eigenvalue weighted by Gasteiger charge is 2.44. The zero-order valence-corrected chi connectivity index (χ0v) is 27.7. The molecular weight excluding hydrogens is 620 g/mol. The van der Waals surface area contributed by atoms with Gasteiger partial charge in [-0.25, -0.2) is 4.79 Å². The second-order valence-corrected chi connectivity index (χ2v) is 11.7. The summed E-state index contributed by atoms with van der Waals surface area (Å²) in [6.45, 7) is 9.85. The summed E-state index contributed by atoms with van der Waals surface area (Å²) in [7, 11) is 4.62. The van der Waals surface area contributed by atoms with Crippen LogP contribution in [0.4, 0.5) is 11.4 Å². The lowest BCUT2D eigenvalue weighted by molar-refractivity contribution is -0.134. The van der Waals surface area contributed by atoms with Crippen LogP contribution in [0, 0.1) is 0 Å². The Balaban J connectivity index is 0.000000238. The summed E-state index contributed by atoms with van der Waals surface area (Å²) < 4.78 is 27.7. The number of nitrogens with zero attached hydrogens (tertiary/aromatic N) is 2. The Morgan fingerprint density at radius 1 is 0.791 bits per heavy atom. The first kappa shape index (κ1) is 34.3. The van der Waals surface area contributed by atoms with E-state index in [0.29, 0.717) is 62.6 Å². The fraction of sp³-hybridized carbons (Fsp3) is 0.531. The number of benzene rings is 2. The van der Waals surface area contributed by atoms with E-state index < -0.39 is 17.2 Å². The van der Waals surface area contributed by atoms with Gasteiger partial charge in [0, 0.05) is 45.0 Å². The summed E-state index contributed by atoms with van der Waals surface area (Å²) in [5, 5.41) is 0. The van der Waals surface area contributed by atoms with Crippen molar-refractivity contribution in [1.82, 2.24) is 0 Å². The van der Waals surface area contributed by atoms with Crippen molar-refractivity contribution in [2.75, 3.05) is 57.4 Å². The molecule has 236 valence electrons. The third-order valence-electron chi connectivity index (χ3n) is 7.76. The summed E-state index contributed by atoms with van der Waals surface area (Å²) in [6, 6.07) is 10.8. The number of methoxy groups -OCH3 is 3. The van der Waals surface area contributed by atoms with Gasteiger partial charge in [0.25, 0.3) is 11.8 Å². The molecule has 0 aliphatic carbocycles. The lowest BCUT2D eigenvalue weighted by Crippen LogP contribution is -2.54. The minimum atomic E-state index is -0.896. The molecule has 0 radical (unpaired) electrons. The fourth-order valence-electron chi connectivity index (χ4n) is 4.83. The summed E-state index contributed by atoms with van der Waals surface area (Å²) in [4.78, 5) is 40.8. The van der Waals surface area contributed by atoms with E-state index in [-0.39, 0.29) is 11.8 Å². The van der Waals surface area contributed by atoms with Crippen molar-refractivity contribution in [2.45, 2.75) is 64.6 Å². The molecule has 2 aromatic rings. The number of esters is 1. The van der Waals surface area contributed by atoms with Gasteiger partial charge in [-0.1, -0.05) is 29.8 Å². The van der Waals surface area contributed by atoms with Crippen LogP contribution in [-0.4, -0.2) is 76.6 Å². The molecule has 2 aliphatic rings. The maximum Gasteiger partial charge on any atom is 0.337 e. The highest BCUT2D eigenvalue weighted by molar-refractivity contribution is 9.10. The standard InChI is InChI=1S/C17H23NO5.C15H20BrNO3/c1-5-17(2)16(20)18(9-6-10-21-3)13-11-12(15(19)22-4)7-8-14(13)23-17;1-4-15(2)14(18)17(8-5-9-19-3)12-10-11(16)6-7-13(12)20-15/h7-8,11H,5-6,9-10H2,1-4H3;6-7,10H,4-5,8-9H2,1-3H3. The van der Waals surface area contributed by atoms with Crippen molar-refractivity contribution < 1.29 is 38.1 Å². The predicted molar refractivity (Wildman–Crippen MR) is 168 cm³/mol. The molecule has 10 nitrogen and oxygen atoms in total. The molecule has 0 bridgehead atoms. The minimum Gasteiger partial charge on any atom is -0.476 e.